The van der Waals surface area contributed by atoms with Gasteiger partial charge in [-0.2, -0.15) is 0 Å². The Hall–Kier alpha value is -1.28. The molecule has 3 N–H and O–H groups in total. The van der Waals surface area contributed by atoms with Crippen molar-refractivity contribution in [3.8, 4) is 0 Å². The molecule has 0 aliphatic heterocycles. The lowest BCUT2D eigenvalue weighted by Gasteiger charge is -2.10. The number of fused-ring (bicyclic) bond motifs is 1. The van der Waals surface area contributed by atoms with E-state index in [2.05, 4.69) is 50.2 Å². The monoisotopic (exact) mass is 216 g/mol. The average molecular weight is 216 g/mol. The van der Waals surface area contributed by atoms with E-state index in [4.69, 9.17) is 5.73 Å². The van der Waals surface area contributed by atoms with Crippen LogP contribution in [0.25, 0.3) is 10.9 Å². The molecule has 0 bridgehead atoms. The van der Waals surface area contributed by atoms with Crippen LogP contribution in [0.5, 0.6) is 0 Å². The Balaban J connectivity index is 2.58. The van der Waals surface area contributed by atoms with Gasteiger partial charge in [0.15, 0.2) is 0 Å². The van der Waals surface area contributed by atoms with E-state index < -0.39 is 0 Å². The molecule has 2 nitrogen and oxygen atoms in total. The topological polar surface area (TPSA) is 41.8 Å². The van der Waals surface area contributed by atoms with E-state index in [1.54, 1.807) is 0 Å². The first-order chi connectivity index (χ1) is 7.59. The molecule has 2 aromatic rings. The predicted molar refractivity (Wildman–Crippen MR) is 69.7 cm³/mol. The quantitative estimate of drug-likeness (QED) is 0.813. The van der Waals surface area contributed by atoms with Crippen LogP contribution < -0.4 is 5.73 Å². The van der Waals surface area contributed by atoms with Gasteiger partial charge in [0.2, 0.25) is 0 Å². The summed E-state index contributed by atoms with van der Waals surface area (Å²) in [5.41, 5.74) is 9.86. The molecule has 16 heavy (non-hydrogen) atoms. The summed E-state index contributed by atoms with van der Waals surface area (Å²) in [6, 6.07) is 6.67. The number of hydrogen-bond donors (Lipinski definition) is 2. The van der Waals surface area contributed by atoms with Crippen molar-refractivity contribution in [2.45, 2.75) is 39.2 Å². The first kappa shape index (κ1) is 11.2. The van der Waals surface area contributed by atoms with Crippen LogP contribution >= 0.6 is 0 Å². The summed E-state index contributed by atoms with van der Waals surface area (Å²) >= 11 is 0. The summed E-state index contributed by atoms with van der Waals surface area (Å²) in [7, 11) is 0. The fraction of sp³-hybridized carbons (Fsp3) is 0.429. The molecular weight excluding hydrogens is 196 g/mol. The molecule has 0 amide bonds. The number of hydrogen-bond acceptors (Lipinski definition) is 1. The highest BCUT2D eigenvalue weighted by Crippen LogP contribution is 2.28. The largest absolute Gasteiger partial charge is 0.361 e. The van der Waals surface area contributed by atoms with E-state index in [1.165, 1.54) is 22.0 Å². The highest BCUT2D eigenvalue weighted by Gasteiger charge is 2.11. The van der Waals surface area contributed by atoms with Crippen LogP contribution in [-0.4, -0.2) is 11.0 Å². The molecule has 0 aliphatic carbocycles. The van der Waals surface area contributed by atoms with Crippen molar-refractivity contribution in [3.63, 3.8) is 0 Å². The molecule has 0 fully saturated rings. The van der Waals surface area contributed by atoms with Crippen molar-refractivity contribution in [2.24, 2.45) is 5.73 Å². The molecule has 0 aliphatic rings. The zero-order valence-corrected chi connectivity index (χ0v) is 10.2. The zero-order valence-electron chi connectivity index (χ0n) is 10.2. The molecule has 1 aromatic carbocycles. The molecular formula is C14H20N2. The summed E-state index contributed by atoms with van der Waals surface area (Å²) in [6.45, 7) is 6.52. The van der Waals surface area contributed by atoms with Gasteiger partial charge in [-0.3, -0.25) is 0 Å². The van der Waals surface area contributed by atoms with Crippen molar-refractivity contribution in [2.75, 3.05) is 0 Å². The fourth-order valence-electron chi connectivity index (χ4n) is 2.27. The van der Waals surface area contributed by atoms with Crippen LogP contribution in [0.1, 0.15) is 37.8 Å². The first-order valence-electron chi connectivity index (χ1n) is 5.94. The highest BCUT2D eigenvalue weighted by atomic mass is 14.7. The maximum absolute atomic E-state index is 5.89. The van der Waals surface area contributed by atoms with Crippen molar-refractivity contribution in [1.82, 2.24) is 4.98 Å². The number of H-pyrrole nitrogens is 1. The molecule has 1 atom stereocenters. The third-order valence-corrected chi connectivity index (χ3v) is 2.98. The van der Waals surface area contributed by atoms with Crippen LogP contribution in [0.4, 0.5) is 0 Å². The van der Waals surface area contributed by atoms with Gasteiger partial charge in [0.1, 0.15) is 0 Å². The normalized spacial score (nSPS) is 13.6. The number of nitrogens with one attached hydrogen (secondary N) is 1. The lowest BCUT2D eigenvalue weighted by Crippen LogP contribution is -2.17. The molecule has 1 heterocycles. The fourth-order valence-corrected chi connectivity index (χ4v) is 2.27. The van der Waals surface area contributed by atoms with Gasteiger partial charge in [-0.1, -0.05) is 26.0 Å². The maximum atomic E-state index is 5.89. The van der Waals surface area contributed by atoms with Crippen molar-refractivity contribution < 1.29 is 0 Å². The third kappa shape index (κ3) is 1.98. The van der Waals surface area contributed by atoms with E-state index >= 15 is 0 Å². The highest BCUT2D eigenvalue weighted by molar-refractivity contribution is 5.87. The van der Waals surface area contributed by atoms with Gasteiger partial charge in [-0.05, 0) is 36.5 Å². The van der Waals surface area contributed by atoms with Crippen LogP contribution in [-0.2, 0) is 6.42 Å². The number of nitrogens with two attached hydrogens (primary N) is 1. The summed E-state index contributed by atoms with van der Waals surface area (Å²) in [5.74, 6) is 0.548. The van der Waals surface area contributed by atoms with Crippen molar-refractivity contribution >= 4 is 10.9 Å². The Morgan fingerprint density at radius 2 is 2.00 bits per heavy atom. The second-order valence-electron chi connectivity index (χ2n) is 4.92. The Labute approximate surface area is 96.9 Å². The van der Waals surface area contributed by atoms with Crippen molar-refractivity contribution in [3.05, 3.63) is 35.5 Å². The summed E-state index contributed by atoms with van der Waals surface area (Å²) in [4.78, 5) is 3.33. The van der Waals surface area contributed by atoms with Gasteiger partial charge < -0.3 is 10.7 Å². The summed E-state index contributed by atoms with van der Waals surface area (Å²) in [6.07, 6.45) is 3.03. The molecule has 2 rings (SSSR count). The van der Waals surface area contributed by atoms with Gasteiger partial charge in [0.05, 0.1) is 0 Å². The number of benzene rings is 1. The number of aromatic nitrogens is 1. The molecule has 86 valence electrons. The average Bonchev–Trinajstić information content (AvgIpc) is 2.60. The standard InChI is InChI=1S/C14H20N2/c1-9(2)12-5-4-6-13-14(12)11(8-16-13)7-10(3)15/h4-6,8-10,16H,7,15H2,1-3H3. The Morgan fingerprint density at radius 3 is 2.62 bits per heavy atom. The third-order valence-electron chi connectivity index (χ3n) is 2.98. The van der Waals surface area contributed by atoms with Gasteiger partial charge in [0, 0.05) is 23.1 Å². The lowest BCUT2D eigenvalue weighted by atomic mass is 9.95. The van der Waals surface area contributed by atoms with E-state index in [0.717, 1.165) is 6.42 Å². The van der Waals surface area contributed by atoms with E-state index in [0.29, 0.717) is 5.92 Å². The Morgan fingerprint density at radius 1 is 1.25 bits per heavy atom. The van der Waals surface area contributed by atoms with E-state index in [-0.39, 0.29) is 6.04 Å². The van der Waals surface area contributed by atoms with Crippen molar-refractivity contribution in [1.29, 1.82) is 0 Å². The zero-order chi connectivity index (χ0) is 11.7. The predicted octanol–water partition coefficient (Wildman–Crippen LogP) is 3.18. The van der Waals surface area contributed by atoms with Gasteiger partial charge >= 0.3 is 0 Å². The molecule has 0 radical (unpaired) electrons. The van der Waals surface area contributed by atoms with Gasteiger partial charge in [0.25, 0.3) is 0 Å². The maximum Gasteiger partial charge on any atom is 0.0459 e. The van der Waals surface area contributed by atoms with Crippen LogP contribution in [0, 0.1) is 0 Å². The van der Waals surface area contributed by atoms with Gasteiger partial charge in [-0.25, -0.2) is 0 Å². The minimum absolute atomic E-state index is 0.208. The first-order valence-corrected chi connectivity index (χ1v) is 5.94. The molecule has 0 spiro atoms. The Kier molecular flexibility index (Phi) is 3.01. The van der Waals surface area contributed by atoms with Crippen LogP contribution in [0.2, 0.25) is 0 Å². The van der Waals surface area contributed by atoms with Crippen LogP contribution in [0.3, 0.4) is 0 Å². The van der Waals surface area contributed by atoms with Crippen LogP contribution in [0.15, 0.2) is 24.4 Å². The molecule has 1 aromatic heterocycles. The summed E-state index contributed by atoms with van der Waals surface area (Å²) in [5, 5.41) is 1.37. The molecule has 0 saturated carbocycles. The smallest absolute Gasteiger partial charge is 0.0459 e. The molecule has 2 heteroatoms. The van der Waals surface area contributed by atoms with E-state index in [9.17, 15) is 0 Å². The minimum atomic E-state index is 0.208. The molecule has 1 unspecified atom stereocenters. The number of aromatic amines is 1. The van der Waals surface area contributed by atoms with Gasteiger partial charge in [-0.15, -0.1) is 0 Å². The molecule has 0 saturated heterocycles. The SMILES string of the molecule is CC(N)Cc1c[nH]c2cccc(C(C)C)c12. The lowest BCUT2D eigenvalue weighted by molar-refractivity contribution is 0.740. The Bertz CT molecular complexity index is 480. The van der Waals surface area contributed by atoms with E-state index in [1.807, 2.05) is 0 Å². The summed E-state index contributed by atoms with van der Waals surface area (Å²) < 4.78 is 0. The second kappa shape index (κ2) is 4.30. The second-order valence-corrected chi connectivity index (χ2v) is 4.92. The minimum Gasteiger partial charge on any atom is -0.361 e. The number of rotatable bonds is 3.